The summed E-state index contributed by atoms with van der Waals surface area (Å²) < 4.78 is 11.3. The highest BCUT2D eigenvalue weighted by atomic mass is 35.5. The van der Waals surface area contributed by atoms with Gasteiger partial charge in [-0.3, -0.25) is 4.79 Å². The predicted molar refractivity (Wildman–Crippen MR) is 87.8 cm³/mol. The van der Waals surface area contributed by atoms with Crippen LogP contribution >= 0.6 is 11.6 Å². The summed E-state index contributed by atoms with van der Waals surface area (Å²) in [6.07, 6.45) is 2.50. The minimum absolute atomic E-state index is 0.0219. The van der Waals surface area contributed by atoms with Crippen LogP contribution in [-0.4, -0.2) is 30.5 Å². The number of aliphatic hydroxyl groups excluding tert-OH is 1. The summed E-state index contributed by atoms with van der Waals surface area (Å²) in [5, 5.41) is 9.80. The van der Waals surface area contributed by atoms with E-state index in [0.29, 0.717) is 24.5 Å². The first-order valence-corrected chi connectivity index (χ1v) is 8.10. The lowest BCUT2D eigenvalue weighted by Gasteiger charge is -2.36. The van der Waals surface area contributed by atoms with Crippen LogP contribution in [0.4, 0.5) is 0 Å². The van der Waals surface area contributed by atoms with E-state index in [-0.39, 0.29) is 24.2 Å². The maximum absolute atomic E-state index is 11.6. The molecule has 0 saturated heterocycles. The second-order valence-corrected chi connectivity index (χ2v) is 5.88. The Kier molecular flexibility index (Phi) is 6.45. The number of halogens is 1. The smallest absolute Gasteiger partial charge is 0.283 e. The molecule has 0 spiro atoms. The van der Waals surface area contributed by atoms with Gasteiger partial charge in [0.25, 0.3) is 5.91 Å². The molecule has 1 aliphatic heterocycles. The summed E-state index contributed by atoms with van der Waals surface area (Å²) in [6, 6.07) is 7.45. The van der Waals surface area contributed by atoms with E-state index in [4.69, 9.17) is 31.9 Å². The molecule has 1 aromatic rings. The van der Waals surface area contributed by atoms with Crippen molar-refractivity contribution in [1.29, 1.82) is 0 Å². The van der Waals surface area contributed by atoms with Gasteiger partial charge in [0, 0.05) is 30.1 Å². The van der Waals surface area contributed by atoms with Gasteiger partial charge in [-0.25, -0.2) is 0 Å². The Morgan fingerprint density at radius 3 is 2.65 bits per heavy atom. The van der Waals surface area contributed by atoms with E-state index in [2.05, 4.69) is 0 Å². The number of rotatable bonds is 7. The number of aliphatic hydroxyl groups is 1. The second kappa shape index (κ2) is 8.34. The van der Waals surface area contributed by atoms with Gasteiger partial charge in [-0.15, -0.1) is 0 Å². The molecule has 126 valence electrons. The van der Waals surface area contributed by atoms with E-state index >= 15 is 0 Å². The van der Waals surface area contributed by atoms with Crippen LogP contribution in [0.15, 0.2) is 36.1 Å². The molecule has 5 nitrogen and oxygen atoms in total. The molecule has 0 saturated carbocycles. The number of ether oxygens (including phenoxy) is 2. The first kappa shape index (κ1) is 17.8. The summed E-state index contributed by atoms with van der Waals surface area (Å²) in [5.41, 5.74) is 6.39. The molecule has 0 bridgehead atoms. The fourth-order valence-corrected chi connectivity index (χ4v) is 2.97. The maximum Gasteiger partial charge on any atom is 0.283 e. The van der Waals surface area contributed by atoms with Crippen LogP contribution in [0.25, 0.3) is 0 Å². The van der Waals surface area contributed by atoms with Crippen LogP contribution in [0.3, 0.4) is 0 Å². The molecule has 0 aromatic heterocycles. The van der Waals surface area contributed by atoms with Crippen molar-refractivity contribution in [2.24, 2.45) is 11.7 Å². The Balaban J connectivity index is 2.38. The van der Waals surface area contributed by atoms with Gasteiger partial charge in [0.05, 0.1) is 0 Å². The number of carbonyl (C=O) groups is 1. The zero-order valence-corrected chi connectivity index (χ0v) is 13.8. The van der Waals surface area contributed by atoms with E-state index in [9.17, 15) is 4.79 Å². The summed E-state index contributed by atoms with van der Waals surface area (Å²) in [4.78, 5) is 11.6. The number of benzene rings is 1. The van der Waals surface area contributed by atoms with Gasteiger partial charge in [-0.1, -0.05) is 23.7 Å². The largest absolute Gasteiger partial charge is 0.459 e. The summed E-state index contributed by atoms with van der Waals surface area (Å²) in [7, 11) is 0. The zero-order valence-electron chi connectivity index (χ0n) is 13.1. The molecule has 1 heterocycles. The van der Waals surface area contributed by atoms with Gasteiger partial charge in [0.2, 0.25) is 6.29 Å². The molecule has 0 unspecified atom stereocenters. The lowest BCUT2D eigenvalue weighted by atomic mass is 9.80. The monoisotopic (exact) mass is 339 g/mol. The number of allylic oxidation sites excluding steroid dienone is 1. The summed E-state index contributed by atoms with van der Waals surface area (Å²) in [6.45, 7) is 2.42. The Morgan fingerprint density at radius 2 is 2.09 bits per heavy atom. The molecule has 3 atom stereocenters. The van der Waals surface area contributed by atoms with E-state index in [1.807, 2.05) is 31.2 Å². The molecule has 0 fully saturated rings. The molecule has 1 aromatic carbocycles. The fraction of sp³-hybridized carbons (Fsp3) is 0.471. The van der Waals surface area contributed by atoms with E-state index in [1.54, 1.807) is 6.08 Å². The van der Waals surface area contributed by atoms with E-state index in [0.717, 1.165) is 5.56 Å². The van der Waals surface area contributed by atoms with Crippen molar-refractivity contribution in [3.05, 3.63) is 46.7 Å². The summed E-state index contributed by atoms with van der Waals surface area (Å²) >= 11 is 5.96. The van der Waals surface area contributed by atoms with Crippen molar-refractivity contribution in [2.75, 3.05) is 13.2 Å². The van der Waals surface area contributed by atoms with Gasteiger partial charge in [0.15, 0.2) is 5.76 Å². The normalized spacial score (nSPS) is 24.0. The minimum atomic E-state index is -0.616. The highest BCUT2D eigenvalue weighted by Crippen LogP contribution is 2.39. The van der Waals surface area contributed by atoms with Crippen LogP contribution < -0.4 is 5.73 Å². The van der Waals surface area contributed by atoms with Crippen LogP contribution in [0.5, 0.6) is 0 Å². The standard InChI is InChI=1S/C17H22ClNO4/c1-2-22-17-13(4-3-9-20)14(10-15(23-17)16(19)21)11-5-7-12(18)8-6-11/h5-8,10,13-14,17,20H,2-4,9H2,1H3,(H2,19,21)/t13-,14-,17-/m0/s1. The van der Waals surface area contributed by atoms with Crippen LogP contribution in [-0.2, 0) is 14.3 Å². The quantitative estimate of drug-likeness (QED) is 0.800. The van der Waals surface area contributed by atoms with Gasteiger partial charge in [0.1, 0.15) is 0 Å². The average Bonchev–Trinajstić information content (AvgIpc) is 2.54. The third kappa shape index (κ3) is 4.47. The van der Waals surface area contributed by atoms with Crippen molar-refractivity contribution in [1.82, 2.24) is 0 Å². The Hall–Kier alpha value is -1.56. The molecular weight excluding hydrogens is 318 g/mol. The number of primary amides is 1. The van der Waals surface area contributed by atoms with Crippen molar-refractivity contribution in [2.45, 2.75) is 32.0 Å². The number of hydrogen-bond acceptors (Lipinski definition) is 4. The van der Waals surface area contributed by atoms with Crippen molar-refractivity contribution in [3.63, 3.8) is 0 Å². The Bertz CT molecular complexity index is 558. The SMILES string of the molecule is CCO[C@H]1OC(C(N)=O)=C[C@@H](c2ccc(Cl)cc2)[C@@H]1CCCO. The van der Waals surface area contributed by atoms with Crippen molar-refractivity contribution in [3.8, 4) is 0 Å². The molecule has 6 heteroatoms. The van der Waals surface area contributed by atoms with E-state index in [1.165, 1.54) is 0 Å². The Morgan fingerprint density at radius 1 is 1.39 bits per heavy atom. The second-order valence-electron chi connectivity index (χ2n) is 5.44. The van der Waals surface area contributed by atoms with Crippen molar-refractivity contribution >= 4 is 17.5 Å². The lowest BCUT2D eigenvalue weighted by Crippen LogP contribution is -2.37. The van der Waals surface area contributed by atoms with Gasteiger partial charge >= 0.3 is 0 Å². The van der Waals surface area contributed by atoms with Crippen molar-refractivity contribution < 1.29 is 19.4 Å². The number of nitrogens with two attached hydrogens (primary N) is 1. The molecular formula is C17H22ClNO4. The Labute approximate surface area is 141 Å². The van der Waals surface area contributed by atoms with Gasteiger partial charge in [-0.05, 0) is 43.5 Å². The first-order valence-electron chi connectivity index (χ1n) is 7.73. The predicted octanol–water partition coefficient (Wildman–Crippen LogP) is 2.57. The lowest BCUT2D eigenvalue weighted by molar-refractivity contribution is -0.165. The van der Waals surface area contributed by atoms with Gasteiger partial charge < -0.3 is 20.3 Å². The van der Waals surface area contributed by atoms with Crippen LogP contribution in [0.1, 0.15) is 31.2 Å². The number of carbonyl (C=O) groups excluding carboxylic acids is 1. The highest BCUT2D eigenvalue weighted by molar-refractivity contribution is 6.30. The topological polar surface area (TPSA) is 81.8 Å². The molecule has 1 amide bonds. The number of amides is 1. The van der Waals surface area contributed by atoms with Crippen LogP contribution in [0, 0.1) is 5.92 Å². The maximum atomic E-state index is 11.6. The molecule has 1 aliphatic rings. The zero-order chi connectivity index (χ0) is 16.8. The molecule has 0 radical (unpaired) electrons. The first-order chi connectivity index (χ1) is 11.1. The highest BCUT2D eigenvalue weighted by Gasteiger charge is 2.37. The van der Waals surface area contributed by atoms with Gasteiger partial charge in [-0.2, -0.15) is 0 Å². The van der Waals surface area contributed by atoms with Crippen LogP contribution in [0.2, 0.25) is 5.02 Å². The fourth-order valence-electron chi connectivity index (χ4n) is 2.84. The average molecular weight is 340 g/mol. The van der Waals surface area contributed by atoms with E-state index < -0.39 is 12.2 Å². The molecule has 0 aliphatic carbocycles. The molecule has 3 N–H and O–H groups in total. The molecule has 2 rings (SSSR count). The molecule has 23 heavy (non-hydrogen) atoms. The third-order valence-corrected chi connectivity index (χ3v) is 4.16. The number of hydrogen-bond donors (Lipinski definition) is 2. The third-order valence-electron chi connectivity index (χ3n) is 3.91. The minimum Gasteiger partial charge on any atom is -0.459 e. The summed E-state index contributed by atoms with van der Waals surface area (Å²) in [5.74, 6) is -0.615.